The molecule has 3 nitrogen and oxygen atoms in total. The van der Waals surface area contributed by atoms with Crippen molar-refractivity contribution in [2.45, 2.75) is 24.8 Å². The van der Waals surface area contributed by atoms with E-state index in [1.54, 1.807) is 6.07 Å². The van der Waals surface area contributed by atoms with Crippen LogP contribution in [0.5, 0.6) is 0 Å². The van der Waals surface area contributed by atoms with Gasteiger partial charge in [0.2, 0.25) is 4.87 Å². The number of carbonyl (C=O) groups excluding carboxylic acids is 2. The molecule has 0 aliphatic heterocycles. The van der Waals surface area contributed by atoms with Crippen molar-refractivity contribution in [1.82, 2.24) is 0 Å². The minimum Gasteiger partial charge on any atom is -0.459 e. The van der Waals surface area contributed by atoms with Gasteiger partial charge in [-0.2, -0.15) is 0 Å². The molecule has 3 rings (SSSR count). The van der Waals surface area contributed by atoms with E-state index in [2.05, 4.69) is 0 Å². The van der Waals surface area contributed by atoms with Gasteiger partial charge in [-0.25, -0.2) is 4.79 Å². The maximum absolute atomic E-state index is 12.5. The van der Waals surface area contributed by atoms with Crippen LogP contribution in [0.4, 0.5) is 0 Å². The number of alkyl halides is 1. The van der Waals surface area contributed by atoms with Gasteiger partial charge in [-0.1, -0.05) is 59.6 Å². The van der Waals surface area contributed by atoms with E-state index in [4.69, 9.17) is 16.3 Å². The van der Waals surface area contributed by atoms with E-state index in [-0.39, 0.29) is 18.8 Å². The van der Waals surface area contributed by atoms with Gasteiger partial charge in [-0.3, -0.25) is 4.79 Å². The number of halogens is 1. The first kappa shape index (κ1) is 14.8. The molecule has 1 unspecified atom stereocenters. The summed E-state index contributed by atoms with van der Waals surface area (Å²) in [5.41, 5.74) is 3.13. The summed E-state index contributed by atoms with van der Waals surface area (Å²) in [6.45, 7) is 2.01. The number of benzene rings is 2. The van der Waals surface area contributed by atoms with E-state index < -0.39 is 10.8 Å². The van der Waals surface area contributed by atoms with Crippen molar-refractivity contribution in [2.24, 2.45) is 0 Å². The van der Waals surface area contributed by atoms with Gasteiger partial charge in [-0.05, 0) is 24.1 Å². The number of ether oxygens (including phenoxy) is 1. The van der Waals surface area contributed by atoms with Crippen LogP contribution in [0.3, 0.4) is 0 Å². The summed E-state index contributed by atoms with van der Waals surface area (Å²) in [7, 11) is 0. The maximum atomic E-state index is 12.5. The summed E-state index contributed by atoms with van der Waals surface area (Å²) in [4.78, 5) is 23.2. The van der Waals surface area contributed by atoms with E-state index in [0.717, 1.165) is 16.7 Å². The fraction of sp³-hybridized carbons (Fsp3) is 0.222. The Morgan fingerprint density at radius 2 is 1.95 bits per heavy atom. The Labute approximate surface area is 133 Å². The highest BCUT2D eigenvalue weighted by atomic mass is 35.5. The molecular weight excluding hydrogens is 300 g/mol. The van der Waals surface area contributed by atoms with Gasteiger partial charge in [0.1, 0.15) is 6.61 Å². The predicted molar refractivity (Wildman–Crippen MR) is 84.0 cm³/mol. The highest BCUT2D eigenvalue weighted by Gasteiger charge is 2.51. The standard InChI is InChI=1S/C18H15ClO3/c1-12-7-8-14-10-18(19,16(20)15(14)9-12)17(21)22-11-13-5-3-2-4-6-13/h2-9H,10-11H2,1H3. The molecule has 0 bridgehead atoms. The molecule has 22 heavy (non-hydrogen) atoms. The van der Waals surface area contributed by atoms with Crippen LogP contribution in [0, 0.1) is 6.92 Å². The molecule has 0 saturated carbocycles. The monoisotopic (exact) mass is 314 g/mol. The molecular formula is C18H15ClO3. The van der Waals surface area contributed by atoms with Crippen LogP contribution in [0.1, 0.15) is 27.0 Å². The Bertz CT molecular complexity index is 739. The molecule has 1 aliphatic rings. The van der Waals surface area contributed by atoms with Gasteiger partial charge in [0.05, 0.1) is 0 Å². The van der Waals surface area contributed by atoms with E-state index in [0.29, 0.717) is 5.56 Å². The summed E-state index contributed by atoms with van der Waals surface area (Å²) in [6, 6.07) is 14.8. The van der Waals surface area contributed by atoms with Crippen LogP contribution >= 0.6 is 11.6 Å². The number of hydrogen-bond donors (Lipinski definition) is 0. The van der Waals surface area contributed by atoms with E-state index in [9.17, 15) is 9.59 Å². The third-order valence-electron chi connectivity index (χ3n) is 3.84. The molecule has 0 N–H and O–H groups in total. The summed E-state index contributed by atoms with van der Waals surface area (Å²) in [5, 5.41) is 0. The Balaban J connectivity index is 1.77. The zero-order chi connectivity index (χ0) is 15.7. The molecule has 0 aromatic heterocycles. The smallest absolute Gasteiger partial charge is 0.336 e. The average molecular weight is 315 g/mol. The van der Waals surface area contributed by atoms with Crippen molar-refractivity contribution in [3.63, 3.8) is 0 Å². The molecule has 2 aromatic carbocycles. The number of fused-ring (bicyclic) bond motifs is 1. The average Bonchev–Trinajstić information content (AvgIpc) is 2.79. The Morgan fingerprint density at radius 3 is 2.68 bits per heavy atom. The summed E-state index contributed by atoms with van der Waals surface area (Å²) < 4.78 is 5.26. The van der Waals surface area contributed by atoms with Gasteiger partial charge in [-0.15, -0.1) is 0 Å². The third-order valence-corrected chi connectivity index (χ3v) is 4.30. The largest absolute Gasteiger partial charge is 0.459 e. The van der Waals surface area contributed by atoms with Gasteiger partial charge in [0.15, 0.2) is 5.78 Å². The SMILES string of the molecule is Cc1ccc2c(c1)C(=O)C(Cl)(C(=O)OCc1ccccc1)C2. The zero-order valence-electron chi connectivity index (χ0n) is 12.1. The summed E-state index contributed by atoms with van der Waals surface area (Å²) >= 11 is 6.33. The Morgan fingerprint density at radius 1 is 1.23 bits per heavy atom. The van der Waals surface area contributed by atoms with Crippen molar-refractivity contribution < 1.29 is 14.3 Å². The van der Waals surface area contributed by atoms with Crippen molar-refractivity contribution in [3.8, 4) is 0 Å². The number of carbonyl (C=O) groups is 2. The molecule has 0 spiro atoms. The molecule has 1 aliphatic carbocycles. The molecule has 0 heterocycles. The minimum atomic E-state index is -1.63. The van der Waals surface area contributed by atoms with Crippen molar-refractivity contribution in [3.05, 3.63) is 70.8 Å². The van der Waals surface area contributed by atoms with Crippen LogP contribution in [0.2, 0.25) is 0 Å². The Kier molecular flexibility index (Phi) is 3.75. The van der Waals surface area contributed by atoms with Gasteiger partial charge >= 0.3 is 5.97 Å². The number of ketones is 1. The zero-order valence-corrected chi connectivity index (χ0v) is 12.9. The lowest BCUT2D eigenvalue weighted by atomic mass is 10.0. The van der Waals surface area contributed by atoms with Crippen molar-refractivity contribution >= 4 is 23.4 Å². The second-order valence-corrected chi connectivity index (χ2v) is 6.17. The van der Waals surface area contributed by atoms with Crippen LogP contribution in [-0.4, -0.2) is 16.6 Å². The molecule has 0 amide bonds. The van der Waals surface area contributed by atoms with Gasteiger partial charge in [0, 0.05) is 12.0 Å². The molecule has 112 valence electrons. The van der Waals surface area contributed by atoms with Crippen LogP contribution in [0.15, 0.2) is 48.5 Å². The first-order valence-electron chi connectivity index (χ1n) is 7.05. The lowest BCUT2D eigenvalue weighted by molar-refractivity contribution is -0.146. The van der Waals surface area contributed by atoms with E-state index in [1.165, 1.54) is 0 Å². The first-order chi connectivity index (χ1) is 10.5. The van der Waals surface area contributed by atoms with E-state index in [1.807, 2.05) is 49.4 Å². The lowest BCUT2D eigenvalue weighted by Crippen LogP contribution is -2.40. The second kappa shape index (κ2) is 5.58. The minimum absolute atomic E-state index is 0.108. The molecule has 2 aromatic rings. The maximum Gasteiger partial charge on any atom is 0.336 e. The first-order valence-corrected chi connectivity index (χ1v) is 7.43. The topological polar surface area (TPSA) is 43.4 Å². The summed E-state index contributed by atoms with van der Waals surface area (Å²) in [6.07, 6.45) is 0.177. The Hall–Kier alpha value is -2.13. The number of rotatable bonds is 3. The van der Waals surface area contributed by atoms with Crippen molar-refractivity contribution in [2.75, 3.05) is 0 Å². The number of Topliss-reactive ketones (excluding diaryl/α,β-unsaturated/α-hetero) is 1. The molecule has 0 radical (unpaired) electrons. The molecule has 4 heteroatoms. The van der Waals surface area contributed by atoms with Crippen LogP contribution in [-0.2, 0) is 22.6 Å². The van der Waals surface area contributed by atoms with Gasteiger partial charge < -0.3 is 4.74 Å². The van der Waals surface area contributed by atoms with E-state index >= 15 is 0 Å². The molecule has 0 saturated heterocycles. The van der Waals surface area contributed by atoms with Crippen LogP contribution in [0.25, 0.3) is 0 Å². The lowest BCUT2D eigenvalue weighted by Gasteiger charge is -2.17. The quantitative estimate of drug-likeness (QED) is 0.495. The fourth-order valence-corrected chi connectivity index (χ4v) is 2.91. The number of hydrogen-bond acceptors (Lipinski definition) is 3. The molecule has 1 atom stereocenters. The highest BCUT2D eigenvalue weighted by molar-refractivity contribution is 6.49. The van der Waals surface area contributed by atoms with Gasteiger partial charge in [0.25, 0.3) is 0 Å². The fourth-order valence-electron chi connectivity index (χ4n) is 2.61. The number of aryl methyl sites for hydroxylation is 1. The molecule has 0 fully saturated rings. The predicted octanol–water partition coefficient (Wildman–Crippen LogP) is 3.45. The van der Waals surface area contributed by atoms with Crippen LogP contribution < -0.4 is 0 Å². The second-order valence-electron chi connectivity index (χ2n) is 5.53. The number of esters is 1. The van der Waals surface area contributed by atoms with Crippen molar-refractivity contribution in [1.29, 1.82) is 0 Å². The highest BCUT2D eigenvalue weighted by Crippen LogP contribution is 2.36. The third kappa shape index (κ3) is 2.53. The normalized spacial score (nSPS) is 19.8. The summed E-state index contributed by atoms with van der Waals surface area (Å²) in [5.74, 6) is -1.05.